The van der Waals surface area contributed by atoms with Crippen LogP contribution in [0, 0.1) is 5.92 Å². The van der Waals surface area contributed by atoms with Gasteiger partial charge in [-0.25, -0.2) is 4.68 Å². The highest BCUT2D eigenvalue weighted by atomic mass is 32.2. The molecule has 0 spiro atoms. The Hall–Kier alpha value is -1.82. The molecular formula is C20H24N4S. The Balaban J connectivity index is 1.78. The van der Waals surface area contributed by atoms with E-state index in [2.05, 4.69) is 41.9 Å². The lowest BCUT2D eigenvalue weighted by atomic mass is 9.86. The van der Waals surface area contributed by atoms with Crippen LogP contribution < -0.4 is 11.1 Å². The molecule has 3 aromatic rings. The molecule has 0 bridgehead atoms. The standard InChI is InChI=1S/C20H24N4S/c1-25-20-17-8-7-15(19(21)14-9-11-22-12-10-14)13-18(17)24(23-20)16-5-3-2-4-6-16/h2-8,13-14,19,22H,9-12,21H2,1H3. The van der Waals surface area contributed by atoms with Crippen molar-refractivity contribution in [2.24, 2.45) is 11.7 Å². The number of benzene rings is 2. The van der Waals surface area contributed by atoms with E-state index in [0.717, 1.165) is 42.2 Å². The summed E-state index contributed by atoms with van der Waals surface area (Å²) >= 11 is 1.68. The number of hydrogen-bond donors (Lipinski definition) is 2. The average molecular weight is 353 g/mol. The lowest BCUT2D eigenvalue weighted by Gasteiger charge is -2.28. The number of nitrogens with zero attached hydrogens (tertiary/aromatic N) is 2. The Morgan fingerprint density at radius 2 is 1.92 bits per heavy atom. The fourth-order valence-electron chi connectivity index (χ4n) is 3.70. The summed E-state index contributed by atoms with van der Waals surface area (Å²) in [6, 6.07) is 17.0. The second kappa shape index (κ2) is 7.20. The van der Waals surface area contributed by atoms with Crippen LogP contribution in [-0.2, 0) is 0 Å². The van der Waals surface area contributed by atoms with Gasteiger partial charge in [-0.3, -0.25) is 0 Å². The molecule has 5 heteroatoms. The minimum atomic E-state index is 0.0864. The number of nitrogens with two attached hydrogens (primary N) is 1. The molecule has 4 nitrogen and oxygen atoms in total. The Morgan fingerprint density at radius 3 is 2.64 bits per heavy atom. The molecular weight excluding hydrogens is 328 g/mol. The van der Waals surface area contributed by atoms with Gasteiger partial charge in [-0.2, -0.15) is 5.10 Å². The van der Waals surface area contributed by atoms with Crippen molar-refractivity contribution in [1.82, 2.24) is 15.1 Å². The van der Waals surface area contributed by atoms with E-state index in [1.54, 1.807) is 11.8 Å². The molecule has 1 saturated heterocycles. The third-order valence-corrected chi connectivity index (χ3v) is 5.83. The van der Waals surface area contributed by atoms with Crippen molar-refractivity contribution in [2.45, 2.75) is 23.9 Å². The van der Waals surface area contributed by atoms with Gasteiger partial charge in [0.1, 0.15) is 5.03 Å². The first-order valence-corrected chi connectivity index (χ1v) is 10.1. The number of nitrogens with one attached hydrogen (secondary N) is 1. The van der Waals surface area contributed by atoms with E-state index in [-0.39, 0.29) is 6.04 Å². The first kappa shape index (κ1) is 16.6. The molecule has 1 fully saturated rings. The Morgan fingerprint density at radius 1 is 1.16 bits per heavy atom. The van der Waals surface area contributed by atoms with Crippen molar-refractivity contribution in [2.75, 3.05) is 19.3 Å². The molecule has 1 unspecified atom stereocenters. The maximum absolute atomic E-state index is 6.63. The predicted molar refractivity (Wildman–Crippen MR) is 105 cm³/mol. The summed E-state index contributed by atoms with van der Waals surface area (Å²) in [6.45, 7) is 2.14. The number of hydrogen-bond acceptors (Lipinski definition) is 4. The Labute approximate surface area is 152 Å². The molecule has 0 amide bonds. The van der Waals surface area contributed by atoms with Crippen LogP contribution in [0.5, 0.6) is 0 Å². The second-order valence-corrected chi connectivity index (χ2v) is 7.44. The molecule has 1 atom stereocenters. The van der Waals surface area contributed by atoms with Crippen molar-refractivity contribution < 1.29 is 0 Å². The maximum atomic E-state index is 6.63. The van der Waals surface area contributed by atoms with Crippen LogP contribution in [0.25, 0.3) is 16.6 Å². The minimum Gasteiger partial charge on any atom is -0.324 e. The van der Waals surface area contributed by atoms with Crippen LogP contribution in [0.4, 0.5) is 0 Å². The van der Waals surface area contributed by atoms with Crippen molar-refractivity contribution in [3.05, 3.63) is 54.1 Å². The normalized spacial score (nSPS) is 17.0. The van der Waals surface area contributed by atoms with E-state index < -0.39 is 0 Å². The summed E-state index contributed by atoms with van der Waals surface area (Å²) in [5.74, 6) is 0.548. The highest BCUT2D eigenvalue weighted by molar-refractivity contribution is 7.98. The Bertz CT molecular complexity index is 853. The second-order valence-electron chi connectivity index (χ2n) is 6.65. The molecule has 130 valence electrons. The highest BCUT2D eigenvalue weighted by Crippen LogP contribution is 2.33. The first-order valence-electron chi connectivity index (χ1n) is 8.86. The topological polar surface area (TPSA) is 55.9 Å². The zero-order valence-electron chi connectivity index (χ0n) is 14.5. The molecule has 1 aromatic heterocycles. The number of thioether (sulfide) groups is 1. The van der Waals surface area contributed by atoms with Gasteiger partial charge in [-0.1, -0.05) is 24.3 Å². The summed E-state index contributed by atoms with van der Waals surface area (Å²) < 4.78 is 2.04. The largest absolute Gasteiger partial charge is 0.324 e. The molecule has 1 aliphatic rings. The van der Waals surface area contributed by atoms with E-state index in [1.807, 2.05) is 22.9 Å². The first-order chi connectivity index (χ1) is 12.3. The maximum Gasteiger partial charge on any atom is 0.126 e. The molecule has 2 aromatic carbocycles. The molecule has 0 aliphatic carbocycles. The monoisotopic (exact) mass is 352 g/mol. The van der Waals surface area contributed by atoms with Gasteiger partial charge in [0.25, 0.3) is 0 Å². The van der Waals surface area contributed by atoms with E-state index in [9.17, 15) is 0 Å². The van der Waals surface area contributed by atoms with E-state index in [4.69, 9.17) is 10.8 Å². The molecule has 2 heterocycles. The predicted octanol–water partition coefficient (Wildman–Crippen LogP) is 3.75. The van der Waals surface area contributed by atoms with Crippen molar-refractivity contribution in [3.8, 4) is 5.69 Å². The molecule has 4 rings (SSSR count). The third kappa shape index (κ3) is 3.19. The average Bonchev–Trinajstić information content (AvgIpc) is 3.07. The summed E-state index contributed by atoms with van der Waals surface area (Å²) in [5, 5.41) is 10.5. The zero-order chi connectivity index (χ0) is 17.2. The van der Waals surface area contributed by atoms with E-state index in [1.165, 1.54) is 10.9 Å². The lowest BCUT2D eigenvalue weighted by Crippen LogP contribution is -2.33. The van der Waals surface area contributed by atoms with Crippen LogP contribution >= 0.6 is 11.8 Å². The SMILES string of the molecule is CSc1nn(-c2ccccc2)c2cc(C(N)C3CCNCC3)ccc12. The van der Waals surface area contributed by atoms with Gasteiger partial charge in [0, 0.05) is 11.4 Å². The van der Waals surface area contributed by atoms with Gasteiger partial charge >= 0.3 is 0 Å². The van der Waals surface area contributed by atoms with E-state index in [0.29, 0.717) is 5.92 Å². The van der Waals surface area contributed by atoms with Gasteiger partial charge in [0.05, 0.1) is 11.2 Å². The number of aromatic nitrogens is 2. The van der Waals surface area contributed by atoms with Crippen LogP contribution in [-0.4, -0.2) is 29.1 Å². The number of fused-ring (bicyclic) bond motifs is 1. The summed E-state index contributed by atoms with van der Waals surface area (Å²) in [4.78, 5) is 0. The van der Waals surface area contributed by atoms with Gasteiger partial charge in [-0.15, -0.1) is 11.8 Å². The third-order valence-electron chi connectivity index (χ3n) is 5.14. The smallest absolute Gasteiger partial charge is 0.126 e. The van der Waals surface area contributed by atoms with Crippen LogP contribution in [0.3, 0.4) is 0 Å². The Kier molecular flexibility index (Phi) is 4.79. The van der Waals surface area contributed by atoms with Crippen molar-refractivity contribution >= 4 is 22.7 Å². The summed E-state index contributed by atoms with van der Waals surface area (Å²) in [7, 11) is 0. The molecule has 25 heavy (non-hydrogen) atoms. The van der Waals surface area contributed by atoms with Gasteiger partial charge in [0.15, 0.2) is 0 Å². The fraction of sp³-hybridized carbons (Fsp3) is 0.350. The van der Waals surface area contributed by atoms with E-state index >= 15 is 0 Å². The van der Waals surface area contributed by atoms with Crippen molar-refractivity contribution in [1.29, 1.82) is 0 Å². The fourth-order valence-corrected chi connectivity index (χ4v) is 4.26. The van der Waals surface area contributed by atoms with Gasteiger partial charge < -0.3 is 11.1 Å². The lowest BCUT2D eigenvalue weighted by molar-refractivity contribution is 0.322. The van der Waals surface area contributed by atoms with Gasteiger partial charge in [-0.05, 0) is 67.9 Å². The number of piperidine rings is 1. The number of rotatable bonds is 4. The molecule has 0 saturated carbocycles. The van der Waals surface area contributed by atoms with Crippen LogP contribution in [0.15, 0.2) is 53.6 Å². The van der Waals surface area contributed by atoms with Crippen molar-refractivity contribution in [3.63, 3.8) is 0 Å². The van der Waals surface area contributed by atoms with Crippen LogP contribution in [0.1, 0.15) is 24.4 Å². The molecule has 0 radical (unpaired) electrons. The molecule has 3 N–H and O–H groups in total. The van der Waals surface area contributed by atoms with Crippen LogP contribution in [0.2, 0.25) is 0 Å². The summed E-state index contributed by atoms with van der Waals surface area (Å²) in [6.07, 6.45) is 4.37. The minimum absolute atomic E-state index is 0.0864. The summed E-state index contributed by atoms with van der Waals surface area (Å²) in [5.41, 5.74) is 10.1. The van der Waals surface area contributed by atoms with Gasteiger partial charge in [0.2, 0.25) is 0 Å². The zero-order valence-corrected chi connectivity index (χ0v) is 15.3. The number of para-hydroxylation sites is 1. The molecule has 1 aliphatic heterocycles. The highest BCUT2D eigenvalue weighted by Gasteiger charge is 2.23. The quantitative estimate of drug-likeness (QED) is 0.702.